The second-order valence-corrected chi connectivity index (χ2v) is 7.32. The third-order valence-electron chi connectivity index (χ3n) is 4.62. The molecule has 0 radical (unpaired) electrons. The van der Waals surface area contributed by atoms with Crippen molar-refractivity contribution in [2.24, 2.45) is 11.5 Å². The van der Waals surface area contributed by atoms with Gasteiger partial charge in [-0.1, -0.05) is 48.9 Å². The molecule has 7 nitrogen and oxygen atoms in total. The minimum atomic E-state index is -0.847. The van der Waals surface area contributed by atoms with E-state index >= 15 is 0 Å². The number of nitrogens with two attached hydrogens (primary N) is 2. The fourth-order valence-electron chi connectivity index (χ4n) is 2.98. The Balaban J connectivity index is 2.14. The first-order valence-electron chi connectivity index (χ1n) is 9.95. The first-order valence-corrected chi connectivity index (χ1v) is 10.3. The number of carbonyl (C=O) groups excluding carboxylic acids is 2. The van der Waals surface area contributed by atoms with Crippen LogP contribution in [0.2, 0.25) is 5.02 Å². The number of hydrogen-bond acceptors (Lipinski definition) is 5. The van der Waals surface area contributed by atoms with E-state index in [1.807, 2.05) is 35.2 Å². The van der Waals surface area contributed by atoms with E-state index in [2.05, 4.69) is 12.2 Å². The van der Waals surface area contributed by atoms with E-state index in [0.29, 0.717) is 36.8 Å². The van der Waals surface area contributed by atoms with E-state index in [4.69, 9.17) is 27.8 Å². The Hall–Kier alpha value is -2.61. The van der Waals surface area contributed by atoms with Gasteiger partial charge in [0.05, 0.1) is 6.42 Å². The third kappa shape index (κ3) is 7.67. The molecule has 0 saturated heterocycles. The number of amides is 2. The van der Waals surface area contributed by atoms with Crippen molar-refractivity contribution in [1.29, 1.82) is 0 Å². The molecule has 2 aromatic carbocycles. The van der Waals surface area contributed by atoms with Crippen molar-refractivity contribution in [2.75, 3.05) is 18.4 Å². The zero-order chi connectivity index (χ0) is 21.9. The number of hydrogen-bond donors (Lipinski definition) is 3. The number of halogens is 1. The molecule has 0 aliphatic carbocycles. The molecule has 0 heterocycles. The highest BCUT2D eigenvalue weighted by atomic mass is 35.5. The van der Waals surface area contributed by atoms with Crippen LogP contribution in [-0.4, -0.2) is 36.2 Å². The second kappa shape index (κ2) is 12.2. The summed E-state index contributed by atoms with van der Waals surface area (Å²) in [7, 11) is 0. The zero-order valence-electron chi connectivity index (χ0n) is 17.1. The number of ether oxygens (including phenoxy) is 1. The largest absolute Gasteiger partial charge is 0.429 e. The molecule has 0 aromatic heterocycles. The Morgan fingerprint density at radius 1 is 1.17 bits per heavy atom. The third-order valence-corrected chi connectivity index (χ3v) is 4.98. The van der Waals surface area contributed by atoms with E-state index in [1.165, 1.54) is 0 Å². The molecule has 2 rings (SSSR count). The number of anilines is 1. The van der Waals surface area contributed by atoms with Crippen molar-refractivity contribution in [3.05, 3.63) is 64.7 Å². The van der Waals surface area contributed by atoms with Crippen LogP contribution in [0.1, 0.15) is 30.9 Å². The first kappa shape index (κ1) is 23.7. The molecule has 1 atom stereocenters. The summed E-state index contributed by atoms with van der Waals surface area (Å²) < 4.78 is 5.58. The molecule has 8 heteroatoms. The van der Waals surface area contributed by atoms with E-state index in [9.17, 15) is 9.59 Å². The van der Waals surface area contributed by atoms with Gasteiger partial charge in [0.25, 0.3) is 0 Å². The lowest BCUT2D eigenvalue weighted by Crippen LogP contribution is -2.43. The number of rotatable bonds is 11. The fourth-order valence-corrected chi connectivity index (χ4v) is 3.17. The Kier molecular flexibility index (Phi) is 9.60. The summed E-state index contributed by atoms with van der Waals surface area (Å²) >= 11 is 6.29. The topological polar surface area (TPSA) is 111 Å². The summed E-state index contributed by atoms with van der Waals surface area (Å²) in [6.07, 6.45) is -0.0909. The van der Waals surface area contributed by atoms with Gasteiger partial charge in [0.1, 0.15) is 0 Å². The lowest BCUT2D eigenvalue weighted by molar-refractivity contribution is -0.123. The average molecular weight is 433 g/mol. The molecule has 2 aromatic rings. The molecule has 0 aliphatic heterocycles. The van der Waals surface area contributed by atoms with Gasteiger partial charge in [0.15, 0.2) is 6.23 Å². The van der Waals surface area contributed by atoms with Crippen LogP contribution in [0.5, 0.6) is 0 Å². The van der Waals surface area contributed by atoms with Crippen LogP contribution in [0, 0.1) is 0 Å². The second-order valence-electron chi connectivity index (χ2n) is 6.91. The number of carbonyl (C=O) groups is 2. The van der Waals surface area contributed by atoms with Crippen LogP contribution >= 0.6 is 11.6 Å². The lowest BCUT2D eigenvalue weighted by atomic mass is 10.1. The van der Waals surface area contributed by atoms with Crippen LogP contribution in [-0.2, 0) is 22.5 Å². The summed E-state index contributed by atoms with van der Waals surface area (Å²) in [5.41, 5.74) is 13.7. The maximum Gasteiger partial charge on any atom is 0.413 e. The van der Waals surface area contributed by atoms with Gasteiger partial charge in [-0.2, -0.15) is 0 Å². The molecule has 162 valence electrons. The van der Waals surface area contributed by atoms with Crippen molar-refractivity contribution < 1.29 is 14.3 Å². The Morgan fingerprint density at radius 2 is 1.87 bits per heavy atom. The van der Waals surface area contributed by atoms with Gasteiger partial charge in [-0.15, -0.1) is 0 Å². The number of nitrogens with one attached hydrogen (secondary N) is 1. The van der Waals surface area contributed by atoms with Gasteiger partial charge in [-0.05, 0) is 48.7 Å². The molecular formula is C22H29ClN4O3. The van der Waals surface area contributed by atoms with Crippen LogP contribution in [0.15, 0.2) is 48.5 Å². The number of benzene rings is 2. The van der Waals surface area contributed by atoms with Gasteiger partial charge < -0.3 is 16.2 Å². The van der Waals surface area contributed by atoms with Crippen LogP contribution < -0.4 is 16.8 Å². The molecule has 0 bridgehead atoms. The highest BCUT2D eigenvalue weighted by Gasteiger charge is 2.25. The molecule has 1 unspecified atom stereocenters. The van der Waals surface area contributed by atoms with Crippen LogP contribution in [0.3, 0.4) is 0 Å². The minimum Gasteiger partial charge on any atom is -0.429 e. The predicted molar refractivity (Wildman–Crippen MR) is 119 cm³/mol. The van der Waals surface area contributed by atoms with Crippen molar-refractivity contribution in [1.82, 2.24) is 4.90 Å². The molecule has 0 spiro atoms. The van der Waals surface area contributed by atoms with Gasteiger partial charge >= 0.3 is 6.09 Å². The standard InChI is InChI=1S/C22H29ClN4O3/c1-2-16-8-10-18(11-9-16)26-22(29)30-21(14-20(25)28)27(13-5-12-24)15-17-6-3-4-7-19(17)23/h3-4,6-11,21H,2,5,12-15,24H2,1H3,(H2,25,28)(H,26,29). The Morgan fingerprint density at radius 3 is 2.47 bits per heavy atom. The Labute approximate surface area is 182 Å². The molecule has 30 heavy (non-hydrogen) atoms. The fraction of sp³-hybridized carbons (Fsp3) is 0.364. The van der Waals surface area contributed by atoms with Crippen LogP contribution in [0.25, 0.3) is 0 Å². The summed E-state index contributed by atoms with van der Waals surface area (Å²) in [6.45, 7) is 3.41. The van der Waals surface area contributed by atoms with Gasteiger partial charge in [-0.25, -0.2) is 4.79 Å². The van der Waals surface area contributed by atoms with Crippen molar-refractivity contribution in [3.8, 4) is 0 Å². The highest BCUT2D eigenvalue weighted by molar-refractivity contribution is 6.31. The molecule has 2 amide bonds. The van der Waals surface area contributed by atoms with E-state index < -0.39 is 18.2 Å². The van der Waals surface area contributed by atoms with Crippen molar-refractivity contribution >= 4 is 29.3 Å². The van der Waals surface area contributed by atoms with E-state index in [0.717, 1.165) is 17.5 Å². The maximum absolute atomic E-state index is 12.5. The normalized spacial score (nSPS) is 11.9. The van der Waals surface area contributed by atoms with Gasteiger partial charge in [-0.3, -0.25) is 15.0 Å². The predicted octanol–water partition coefficient (Wildman–Crippen LogP) is 3.50. The van der Waals surface area contributed by atoms with Gasteiger partial charge in [0, 0.05) is 23.8 Å². The number of nitrogens with zero attached hydrogens (tertiary/aromatic N) is 1. The quantitative estimate of drug-likeness (QED) is 0.470. The van der Waals surface area contributed by atoms with E-state index in [-0.39, 0.29) is 6.42 Å². The number of aryl methyl sites for hydroxylation is 1. The molecule has 0 aliphatic rings. The van der Waals surface area contributed by atoms with Gasteiger partial charge in [0.2, 0.25) is 5.91 Å². The summed E-state index contributed by atoms with van der Waals surface area (Å²) in [5.74, 6) is -0.572. The van der Waals surface area contributed by atoms with Crippen molar-refractivity contribution in [3.63, 3.8) is 0 Å². The number of primary amides is 1. The minimum absolute atomic E-state index is 0.142. The average Bonchev–Trinajstić information content (AvgIpc) is 2.72. The molecule has 0 fully saturated rings. The summed E-state index contributed by atoms with van der Waals surface area (Å²) in [4.78, 5) is 26.0. The smallest absolute Gasteiger partial charge is 0.413 e. The summed E-state index contributed by atoms with van der Waals surface area (Å²) in [5, 5.41) is 3.28. The Bertz CT molecular complexity index is 829. The zero-order valence-corrected chi connectivity index (χ0v) is 17.9. The SMILES string of the molecule is CCc1ccc(NC(=O)OC(CC(N)=O)N(CCCN)Cc2ccccc2Cl)cc1. The first-order chi connectivity index (χ1) is 14.4. The lowest BCUT2D eigenvalue weighted by Gasteiger charge is -2.31. The molecular weight excluding hydrogens is 404 g/mol. The maximum atomic E-state index is 12.5. The van der Waals surface area contributed by atoms with Crippen LogP contribution in [0.4, 0.5) is 10.5 Å². The highest BCUT2D eigenvalue weighted by Crippen LogP contribution is 2.20. The van der Waals surface area contributed by atoms with E-state index in [1.54, 1.807) is 18.2 Å². The monoisotopic (exact) mass is 432 g/mol. The van der Waals surface area contributed by atoms with Crippen molar-refractivity contribution in [2.45, 2.75) is 39.0 Å². The summed E-state index contributed by atoms with van der Waals surface area (Å²) in [6, 6.07) is 14.9. The molecule has 0 saturated carbocycles. The molecule has 5 N–H and O–H groups in total.